The third kappa shape index (κ3) is 4.25. The van der Waals surface area contributed by atoms with E-state index in [1.807, 2.05) is 38.1 Å². The molecule has 0 aliphatic rings. The molecule has 142 valence electrons. The molecule has 27 heavy (non-hydrogen) atoms. The Balaban J connectivity index is 1.72. The number of methoxy groups -OCH3 is 1. The molecule has 0 aliphatic heterocycles. The van der Waals surface area contributed by atoms with Crippen molar-refractivity contribution in [1.82, 2.24) is 15.3 Å². The van der Waals surface area contributed by atoms with Crippen LogP contribution in [0, 0.1) is 20.8 Å². The second-order valence-electron chi connectivity index (χ2n) is 6.36. The fourth-order valence-electron chi connectivity index (χ4n) is 2.94. The topological polar surface area (TPSA) is 64.1 Å². The van der Waals surface area contributed by atoms with Crippen molar-refractivity contribution in [3.8, 4) is 5.75 Å². The van der Waals surface area contributed by atoms with E-state index in [2.05, 4.69) is 29.1 Å². The second kappa shape index (κ2) is 8.27. The number of aryl methyl sites for hydroxylation is 3. The summed E-state index contributed by atoms with van der Waals surface area (Å²) < 4.78 is 5.38. The number of aromatic nitrogens is 2. The normalized spacial score (nSPS) is 12.2. The van der Waals surface area contributed by atoms with E-state index in [0.29, 0.717) is 5.75 Å². The number of fused-ring (bicyclic) bond motifs is 1. The van der Waals surface area contributed by atoms with E-state index in [-0.39, 0.29) is 11.9 Å². The van der Waals surface area contributed by atoms with Gasteiger partial charge < -0.3 is 10.1 Å². The van der Waals surface area contributed by atoms with Gasteiger partial charge in [0.05, 0.1) is 18.9 Å². The van der Waals surface area contributed by atoms with Crippen LogP contribution in [-0.2, 0) is 4.79 Å². The molecule has 1 amide bonds. The molecule has 2 heterocycles. The highest BCUT2D eigenvalue weighted by molar-refractivity contribution is 8.00. The molecular formula is C20H23N3O2S2. The lowest BCUT2D eigenvalue weighted by atomic mass is 10.1. The number of benzene rings is 1. The molecule has 0 aliphatic carbocycles. The summed E-state index contributed by atoms with van der Waals surface area (Å²) in [4.78, 5) is 23.8. The van der Waals surface area contributed by atoms with Crippen LogP contribution in [0.5, 0.6) is 5.75 Å². The van der Waals surface area contributed by atoms with Crippen LogP contribution in [0.2, 0.25) is 0 Å². The van der Waals surface area contributed by atoms with Crippen molar-refractivity contribution in [2.45, 2.75) is 38.8 Å². The highest BCUT2D eigenvalue weighted by Gasteiger charge is 2.17. The quantitative estimate of drug-likeness (QED) is 0.483. The van der Waals surface area contributed by atoms with Gasteiger partial charge in [0.15, 0.2) is 0 Å². The summed E-state index contributed by atoms with van der Waals surface area (Å²) in [6.45, 7) is 8.02. The summed E-state index contributed by atoms with van der Waals surface area (Å²) in [5, 5.41) is 4.99. The minimum absolute atomic E-state index is 0.0348. The monoisotopic (exact) mass is 401 g/mol. The number of nitrogens with one attached hydrogen (secondary N) is 1. The number of rotatable bonds is 6. The number of hydrogen-bond acceptors (Lipinski definition) is 6. The van der Waals surface area contributed by atoms with Crippen LogP contribution < -0.4 is 10.1 Å². The van der Waals surface area contributed by atoms with Crippen LogP contribution in [0.25, 0.3) is 10.2 Å². The lowest BCUT2D eigenvalue weighted by Crippen LogP contribution is -2.28. The highest BCUT2D eigenvalue weighted by Crippen LogP contribution is 2.35. The van der Waals surface area contributed by atoms with Crippen LogP contribution in [0.4, 0.5) is 0 Å². The van der Waals surface area contributed by atoms with Crippen LogP contribution in [0.15, 0.2) is 29.3 Å². The van der Waals surface area contributed by atoms with Gasteiger partial charge in [0.2, 0.25) is 5.91 Å². The highest BCUT2D eigenvalue weighted by atomic mass is 32.2. The van der Waals surface area contributed by atoms with Crippen LogP contribution in [0.3, 0.4) is 0 Å². The van der Waals surface area contributed by atoms with Crippen molar-refractivity contribution in [2.24, 2.45) is 0 Å². The van der Waals surface area contributed by atoms with E-state index in [0.717, 1.165) is 32.4 Å². The molecule has 1 unspecified atom stereocenters. The fourth-order valence-corrected chi connectivity index (χ4v) is 5.02. The average Bonchev–Trinajstić information content (AvgIpc) is 2.93. The molecule has 1 atom stereocenters. The Hall–Kier alpha value is -2.12. The zero-order chi connectivity index (χ0) is 19.6. The second-order valence-corrected chi connectivity index (χ2v) is 8.53. The fraction of sp³-hybridized carbons (Fsp3) is 0.350. The van der Waals surface area contributed by atoms with Crippen molar-refractivity contribution in [1.29, 1.82) is 0 Å². The Morgan fingerprint density at radius 2 is 2.00 bits per heavy atom. The van der Waals surface area contributed by atoms with Gasteiger partial charge in [-0.1, -0.05) is 30.0 Å². The lowest BCUT2D eigenvalue weighted by Gasteiger charge is -2.17. The van der Waals surface area contributed by atoms with E-state index in [9.17, 15) is 4.79 Å². The summed E-state index contributed by atoms with van der Waals surface area (Å²) >= 11 is 3.13. The number of thiophene rings is 1. The van der Waals surface area contributed by atoms with Crippen molar-refractivity contribution < 1.29 is 9.53 Å². The number of nitrogens with zero attached hydrogens (tertiary/aromatic N) is 2. The van der Waals surface area contributed by atoms with Gasteiger partial charge >= 0.3 is 0 Å². The third-order valence-corrected chi connectivity index (χ3v) is 6.51. The van der Waals surface area contributed by atoms with E-state index >= 15 is 0 Å². The summed E-state index contributed by atoms with van der Waals surface area (Å²) in [5.41, 5.74) is 2.16. The van der Waals surface area contributed by atoms with Gasteiger partial charge in [-0.3, -0.25) is 4.79 Å². The van der Waals surface area contributed by atoms with E-state index in [4.69, 9.17) is 4.74 Å². The maximum atomic E-state index is 12.5. The molecule has 5 nitrogen and oxygen atoms in total. The number of hydrogen-bond donors (Lipinski definition) is 1. The zero-order valence-electron chi connectivity index (χ0n) is 16.1. The van der Waals surface area contributed by atoms with Gasteiger partial charge in [0.25, 0.3) is 0 Å². The van der Waals surface area contributed by atoms with Gasteiger partial charge in [-0.05, 0) is 39.3 Å². The molecule has 0 radical (unpaired) electrons. The molecule has 0 fully saturated rings. The van der Waals surface area contributed by atoms with E-state index in [1.54, 1.807) is 18.4 Å². The first kappa shape index (κ1) is 19.6. The summed E-state index contributed by atoms with van der Waals surface area (Å²) in [6.07, 6.45) is 0. The maximum Gasteiger partial charge on any atom is 0.230 e. The first-order valence-electron chi connectivity index (χ1n) is 8.70. The van der Waals surface area contributed by atoms with Gasteiger partial charge in [-0.15, -0.1) is 11.3 Å². The summed E-state index contributed by atoms with van der Waals surface area (Å²) in [5.74, 6) is 1.77. The van der Waals surface area contributed by atoms with E-state index < -0.39 is 0 Å². The predicted octanol–water partition coefficient (Wildman–Crippen LogP) is 4.59. The molecule has 2 aromatic heterocycles. The number of carbonyl (C=O) groups is 1. The van der Waals surface area contributed by atoms with Crippen molar-refractivity contribution >= 4 is 39.2 Å². The summed E-state index contributed by atoms with van der Waals surface area (Å²) in [7, 11) is 1.64. The number of amides is 1. The summed E-state index contributed by atoms with van der Waals surface area (Å²) in [6, 6.07) is 7.59. The molecule has 0 spiro atoms. The lowest BCUT2D eigenvalue weighted by molar-refractivity contribution is -0.119. The number of thioether (sulfide) groups is 1. The Bertz CT molecular complexity index is 985. The minimum Gasteiger partial charge on any atom is -0.496 e. The Kier molecular flexibility index (Phi) is 6.01. The van der Waals surface area contributed by atoms with Crippen LogP contribution in [-0.4, -0.2) is 28.7 Å². The zero-order valence-corrected chi connectivity index (χ0v) is 17.8. The molecular weight excluding hydrogens is 378 g/mol. The standard InChI is InChI=1S/C20H23N3O2S2/c1-11-13(3)27-20-18(11)19(22-14(4)23-20)26-10-17(24)21-12(2)15-8-6-7-9-16(15)25-5/h6-9,12H,10H2,1-5H3,(H,21,24). The number of carbonyl (C=O) groups excluding carboxylic acids is 1. The SMILES string of the molecule is COc1ccccc1C(C)NC(=O)CSc1nc(C)nc2sc(C)c(C)c12. The predicted molar refractivity (Wildman–Crippen MR) is 112 cm³/mol. The van der Waals surface area contributed by atoms with Gasteiger partial charge in [0, 0.05) is 15.8 Å². The third-order valence-electron chi connectivity index (χ3n) is 4.43. The van der Waals surface area contributed by atoms with E-state index in [1.165, 1.54) is 22.2 Å². The smallest absolute Gasteiger partial charge is 0.230 e. The first-order chi connectivity index (χ1) is 12.9. The van der Waals surface area contributed by atoms with Crippen molar-refractivity contribution in [3.63, 3.8) is 0 Å². The van der Waals surface area contributed by atoms with Gasteiger partial charge in [-0.2, -0.15) is 0 Å². The Labute approximate surface area is 167 Å². The molecule has 0 bridgehead atoms. The van der Waals surface area contributed by atoms with Gasteiger partial charge in [-0.25, -0.2) is 9.97 Å². The molecule has 0 saturated carbocycles. The molecule has 1 N–H and O–H groups in total. The van der Waals surface area contributed by atoms with Crippen molar-refractivity contribution in [3.05, 3.63) is 46.1 Å². The average molecular weight is 402 g/mol. The molecule has 0 saturated heterocycles. The van der Waals surface area contributed by atoms with Crippen LogP contribution in [0.1, 0.15) is 34.8 Å². The minimum atomic E-state index is -0.133. The Morgan fingerprint density at radius 3 is 2.74 bits per heavy atom. The maximum absolute atomic E-state index is 12.5. The first-order valence-corrected chi connectivity index (χ1v) is 10.5. The number of para-hydroxylation sites is 1. The largest absolute Gasteiger partial charge is 0.496 e. The molecule has 7 heteroatoms. The molecule has 1 aromatic carbocycles. The van der Waals surface area contributed by atoms with Crippen LogP contribution >= 0.6 is 23.1 Å². The number of ether oxygens (including phenoxy) is 1. The molecule has 3 aromatic rings. The van der Waals surface area contributed by atoms with Gasteiger partial charge in [0.1, 0.15) is 21.4 Å². The molecule has 3 rings (SSSR count). The van der Waals surface area contributed by atoms with Crippen molar-refractivity contribution in [2.75, 3.05) is 12.9 Å². The Morgan fingerprint density at radius 1 is 1.26 bits per heavy atom.